The summed E-state index contributed by atoms with van der Waals surface area (Å²) >= 11 is 0. The molecule has 0 bridgehead atoms. The monoisotopic (exact) mass is 251 g/mol. The zero-order chi connectivity index (χ0) is 13.2. The van der Waals surface area contributed by atoms with E-state index in [9.17, 15) is 22.4 Å². The molecule has 1 aromatic rings. The maximum absolute atomic E-state index is 12.9. The first kappa shape index (κ1) is 13.4. The molecule has 1 aromatic carbocycles. The van der Waals surface area contributed by atoms with Crippen molar-refractivity contribution in [3.63, 3.8) is 0 Å². The number of alkyl halides is 3. The topological polar surface area (TPSA) is 63.3 Å². The summed E-state index contributed by atoms with van der Waals surface area (Å²) in [5.74, 6) is -2.65. The van der Waals surface area contributed by atoms with Crippen molar-refractivity contribution in [3.05, 3.63) is 35.1 Å². The van der Waals surface area contributed by atoms with E-state index in [1.54, 1.807) is 0 Å². The van der Waals surface area contributed by atoms with Gasteiger partial charge in [0.1, 0.15) is 5.82 Å². The third kappa shape index (κ3) is 3.42. The van der Waals surface area contributed by atoms with E-state index in [0.29, 0.717) is 12.1 Å². The molecule has 94 valence electrons. The standard InChI is InChI=1S/C10H9F4NO2/c11-7-2-1-5(8(15)4-9(16)17)3-6(7)10(12,13)14/h1-3,8H,4,15H2,(H,16,17)/t8-/m0/s1. The van der Waals surface area contributed by atoms with E-state index in [0.717, 1.165) is 6.07 Å². The van der Waals surface area contributed by atoms with Gasteiger partial charge in [-0.2, -0.15) is 13.2 Å². The minimum absolute atomic E-state index is 0.0684. The first-order chi connectivity index (χ1) is 7.71. The number of halogens is 4. The van der Waals surface area contributed by atoms with E-state index in [2.05, 4.69) is 0 Å². The van der Waals surface area contributed by atoms with Gasteiger partial charge in [-0.05, 0) is 17.7 Å². The fraction of sp³-hybridized carbons (Fsp3) is 0.300. The van der Waals surface area contributed by atoms with Crippen LogP contribution in [0.3, 0.4) is 0 Å². The van der Waals surface area contributed by atoms with Crippen LogP contribution in [0.4, 0.5) is 17.6 Å². The zero-order valence-corrected chi connectivity index (χ0v) is 8.46. The minimum atomic E-state index is -4.83. The third-order valence-corrected chi connectivity index (χ3v) is 2.12. The highest BCUT2D eigenvalue weighted by Gasteiger charge is 2.34. The summed E-state index contributed by atoms with van der Waals surface area (Å²) in [6, 6.07) is 1.09. The summed E-state index contributed by atoms with van der Waals surface area (Å²) in [6.07, 6.45) is -5.36. The predicted molar refractivity (Wildman–Crippen MR) is 50.6 cm³/mol. The minimum Gasteiger partial charge on any atom is -0.481 e. The van der Waals surface area contributed by atoms with E-state index in [-0.39, 0.29) is 5.56 Å². The fourth-order valence-corrected chi connectivity index (χ4v) is 1.30. The SMILES string of the molecule is N[C@@H](CC(=O)O)c1ccc(F)c(C(F)(F)F)c1. The van der Waals surface area contributed by atoms with Gasteiger partial charge in [0, 0.05) is 6.04 Å². The molecule has 1 atom stereocenters. The Balaban J connectivity index is 3.08. The van der Waals surface area contributed by atoms with Gasteiger partial charge in [-0.15, -0.1) is 0 Å². The normalized spacial score (nSPS) is 13.5. The highest BCUT2D eigenvalue weighted by molar-refractivity contribution is 5.67. The molecule has 0 aliphatic carbocycles. The Labute approximate surface area is 93.8 Å². The summed E-state index contributed by atoms with van der Waals surface area (Å²) in [5, 5.41) is 8.45. The second-order valence-corrected chi connectivity index (χ2v) is 3.44. The van der Waals surface area contributed by atoms with Crippen molar-refractivity contribution in [2.45, 2.75) is 18.6 Å². The van der Waals surface area contributed by atoms with Crippen LogP contribution in [0, 0.1) is 5.82 Å². The van der Waals surface area contributed by atoms with Gasteiger partial charge >= 0.3 is 12.1 Å². The molecule has 0 amide bonds. The molecule has 3 nitrogen and oxygen atoms in total. The van der Waals surface area contributed by atoms with Gasteiger partial charge in [-0.25, -0.2) is 4.39 Å². The number of carboxylic acid groups (broad SMARTS) is 1. The average molecular weight is 251 g/mol. The number of rotatable bonds is 3. The molecule has 7 heteroatoms. The van der Waals surface area contributed by atoms with Crippen molar-refractivity contribution in [1.82, 2.24) is 0 Å². The van der Waals surface area contributed by atoms with Crippen LogP contribution >= 0.6 is 0 Å². The number of carbonyl (C=O) groups is 1. The molecule has 0 aromatic heterocycles. The highest BCUT2D eigenvalue weighted by Crippen LogP contribution is 2.33. The summed E-state index contributed by atoms with van der Waals surface area (Å²) in [5.41, 5.74) is 3.87. The lowest BCUT2D eigenvalue weighted by Gasteiger charge is -2.13. The van der Waals surface area contributed by atoms with Crippen molar-refractivity contribution in [2.24, 2.45) is 5.73 Å². The van der Waals surface area contributed by atoms with E-state index in [4.69, 9.17) is 10.8 Å². The van der Waals surface area contributed by atoms with E-state index in [1.807, 2.05) is 0 Å². The maximum Gasteiger partial charge on any atom is 0.419 e. The van der Waals surface area contributed by atoms with Crippen LogP contribution in [0.25, 0.3) is 0 Å². The Kier molecular flexibility index (Phi) is 3.72. The first-order valence-corrected chi connectivity index (χ1v) is 4.56. The second-order valence-electron chi connectivity index (χ2n) is 3.44. The third-order valence-electron chi connectivity index (χ3n) is 2.12. The highest BCUT2D eigenvalue weighted by atomic mass is 19.4. The molecule has 0 heterocycles. The van der Waals surface area contributed by atoms with Gasteiger partial charge in [-0.3, -0.25) is 4.79 Å². The van der Waals surface area contributed by atoms with Gasteiger partial charge in [0.15, 0.2) is 0 Å². The number of carboxylic acids is 1. The van der Waals surface area contributed by atoms with Crippen LogP contribution in [0.2, 0.25) is 0 Å². The number of hydrogen-bond acceptors (Lipinski definition) is 2. The molecule has 0 saturated heterocycles. The van der Waals surface area contributed by atoms with E-state index in [1.165, 1.54) is 0 Å². The van der Waals surface area contributed by atoms with Gasteiger partial charge in [0.25, 0.3) is 0 Å². The lowest BCUT2D eigenvalue weighted by atomic mass is 10.0. The fourth-order valence-electron chi connectivity index (χ4n) is 1.30. The summed E-state index contributed by atoms with van der Waals surface area (Å²) in [4.78, 5) is 10.4. The number of aliphatic carboxylic acids is 1. The van der Waals surface area contributed by atoms with Crippen LogP contribution in [-0.4, -0.2) is 11.1 Å². The Morgan fingerprint density at radius 2 is 2.00 bits per heavy atom. The quantitative estimate of drug-likeness (QED) is 0.810. The molecule has 0 radical (unpaired) electrons. The maximum atomic E-state index is 12.9. The molecular formula is C10H9F4NO2. The Hall–Kier alpha value is -1.63. The average Bonchev–Trinajstić information content (AvgIpc) is 2.15. The van der Waals surface area contributed by atoms with E-state index < -0.39 is 36.0 Å². The first-order valence-electron chi connectivity index (χ1n) is 4.56. The molecule has 17 heavy (non-hydrogen) atoms. The van der Waals surface area contributed by atoms with Crippen molar-refractivity contribution in [1.29, 1.82) is 0 Å². The smallest absolute Gasteiger partial charge is 0.419 e. The van der Waals surface area contributed by atoms with Crippen LogP contribution in [0.5, 0.6) is 0 Å². The molecule has 3 N–H and O–H groups in total. The van der Waals surface area contributed by atoms with Crippen LogP contribution in [-0.2, 0) is 11.0 Å². The van der Waals surface area contributed by atoms with Crippen molar-refractivity contribution >= 4 is 5.97 Å². The van der Waals surface area contributed by atoms with Crippen molar-refractivity contribution in [2.75, 3.05) is 0 Å². The van der Waals surface area contributed by atoms with Crippen molar-refractivity contribution in [3.8, 4) is 0 Å². The Bertz CT molecular complexity index is 431. The van der Waals surface area contributed by atoms with Crippen molar-refractivity contribution < 1.29 is 27.5 Å². The van der Waals surface area contributed by atoms with E-state index >= 15 is 0 Å². The van der Waals surface area contributed by atoms with Crippen LogP contribution in [0.1, 0.15) is 23.6 Å². The summed E-state index contributed by atoms with van der Waals surface area (Å²) < 4.78 is 50.0. The Morgan fingerprint density at radius 3 is 2.47 bits per heavy atom. The molecule has 0 fully saturated rings. The van der Waals surface area contributed by atoms with Gasteiger partial charge in [0.05, 0.1) is 12.0 Å². The largest absolute Gasteiger partial charge is 0.481 e. The molecule has 0 aliphatic rings. The Morgan fingerprint density at radius 1 is 1.41 bits per heavy atom. The summed E-state index contributed by atoms with van der Waals surface area (Å²) in [7, 11) is 0. The second kappa shape index (κ2) is 4.70. The van der Waals surface area contributed by atoms with Gasteiger partial charge in [-0.1, -0.05) is 6.07 Å². The molecule has 1 rings (SSSR count). The van der Waals surface area contributed by atoms with Crippen LogP contribution in [0.15, 0.2) is 18.2 Å². The molecule has 0 unspecified atom stereocenters. The number of benzene rings is 1. The number of nitrogens with two attached hydrogens (primary N) is 1. The zero-order valence-electron chi connectivity index (χ0n) is 8.46. The summed E-state index contributed by atoms with van der Waals surface area (Å²) in [6.45, 7) is 0. The van der Waals surface area contributed by atoms with Crippen LogP contribution < -0.4 is 5.73 Å². The number of hydrogen-bond donors (Lipinski definition) is 2. The van der Waals surface area contributed by atoms with Gasteiger partial charge in [0.2, 0.25) is 0 Å². The lowest BCUT2D eigenvalue weighted by molar-refractivity contribution is -0.140. The molecule has 0 spiro atoms. The lowest BCUT2D eigenvalue weighted by Crippen LogP contribution is -2.17. The molecule has 0 aliphatic heterocycles. The molecule has 0 saturated carbocycles. The molecular weight excluding hydrogens is 242 g/mol. The predicted octanol–water partition coefficient (Wildman–Crippen LogP) is 2.32. The van der Waals surface area contributed by atoms with Gasteiger partial charge < -0.3 is 10.8 Å².